The summed E-state index contributed by atoms with van der Waals surface area (Å²) in [6, 6.07) is 9.50. The average molecular weight is 405 g/mol. The zero-order chi connectivity index (χ0) is 21.2. The van der Waals surface area contributed by atoms with E-state index in [0.717, 1.165) is 25.0 Å². The molecule has 0 aliphatic heterocycles. The second kappa shape index (κ2) is 8.11. The SMILES string of the molecule is C[C@@H](C(=O)Nc1ccc(F)cc1)N(CC1CC1)c1ccc(C#N)c(C(F)(F)F)c1. The average Bonchev–Trinajstić information content (AvgIpc) is 3.50. The lowest BCUT2D eigenvalue weighted by atomic mass is 10.1. The van der Waals surface area contributed by atoms with Crippen molar-refractivity contribution in [2.45, 2.75) is 32.0 Å². The van der Waals surface area contributed by atoms with Crippen LogP contribution in [0.3, 0.4) is 0 Å². The van der Waals surface area contributed by atoms with E-state index < -0.39 is 35.1 Å². The Morgan fingerprint density at radius 3 is 2.45 bits per heavy atom. The van der Waals surface area contributed by atoms with Crippen molar-refractivity contribution in [3.05, 3.63) is 59.4 Å². The first kappa shape index (κ1) is 20.6. The molecule has 0 spiro atoms. The molecule has 8 heteroatoms. The first-order chi connectivity index (χ1) is 13.7. The zero-order valence-corrected chi connectivity index (χ0v) is 15.6. The summed E-state index contributed by atoms with van der Waals surface area (Å²) >= 11 is 0. The smallest absolute Gasteiger partial charge is 0.359 e. The number of nitrogens with zero attached hydrogens (tertiary/aromatic N) is 2. The number of hydrogen-bond donors (Lipinski definition) is 1. The van der Waals surface area contributed by atoms with Crippen LogP contribution in [0.5, 0.6) is 0 Å². The quantitative estimate of drug-likeness (QED) is 0.691. The van der Waals surface area contributed by atoms with Crippen molar-refractivity contribution in [2.24, 2.45) is 5.92 Å². The third-order valence-corrected chi connectivity index (χ3v) is 4.87. The normalized spacial score (nSPS) is 14.8. The Bertz CT molecular complexity index is 930. The van der Waals surface area contributed by atoms with E-state index in [9.17, 15) is 22.4 Å². The molecule has 0 saturated heterocycles. The van der Waals surface area contributed by atoms with E-state index in [1.54, 1.807) is 17.9 Å². The monoisotopic (exact) mass is 405 g/mol. The number of carbonyl (C=O) groups excluding carboxylic acids is 1. The van der Waals surface area contributed by atoms with Crippen LogP contribution in [-0.4, -0.2) is 18.5 Å². The van der Waals surface area contributed by atoms with Gasteiger partial charge in [-0.15, -0.1) is 0 Å². The molecule has 1 aliphatic carbocycles. The van der Waals surface area contributed by atoms with Crippen LogP contribution in [-0.2, 0) is 11.0 Å². The maximum Gasteiger partial charge on any atom is 0.417 e. The van der Waals surface area contributed by atoms with E-state index >= 15 is 0 Å². The van der Waals surface area contributed by atoms with Crippen LogP contribution in [0.4, 0.5) is 28.9 Å². The van der Waals surface area contributed by atoms with Gasteiger partial charge in [0, 0.05) is 17.9 Å². The van der Waals surface area contributed by atoms with Crippen molar-refractivity contribution in [2.75, 3.05) is 16.8 Å². The number of carbonyl (C=O) groups is 1. The lowest BCUT2D eigenvalue weighted by Crippen LogP contribution is -2.43. The minimum Gasteiger partial charge on any atom is -0.359 e. The summed E-state index contributed by atoms with van der Waals surface area (Å²) in [5, 5.41) is 11.7. The van der Waals surface area contributed by atoms with E-state index in [1.807, 2.05) is 0 Å². The third kappa shape index (κ3) is 5.05. The van der Waals surface area contributed by atoms with E-state index in [1.165, 1.54) is 30.3 Å². The number of anilines is 2. The van der Waals surface area contributed by atoms with Gasteiger partial charge in [-0.3, -0.25) is 4.79 Å². The number of hydrogen-bond acceptors (Lipinski definition) is 3. The maximum absolute atomic E-state index is 13.4. The molecule has 29 heavy (non-hydrogen) atoms. The van der Waals surface area contributed by atoms with Crippen LogP contribution in [0.1, 0.15) is 30.9 Å². The fourth-order valence-corrected chi connectivity index (χ4v) is 3.03. The second-order valence-electron chi connectivity index (χ2n) is 7.11. The fraction of sp³-hybridized carbons (Fsp3) is 0.333. The first-order valence-electron chi connectivity index (χ1n) is 9.13. The zero-order valence-electron chi connectivity index (χ0n) is 15.6. The van der Waals surface area contributed by atoms with Gasteiger partial charge >= 0.3 is 6.18 Å². The summed E-state index contributed by atoms with van der Waals surface area (Å²) in [5.74, 6) is -0.556. The largest absolute Gasteiger partial charge is 0.417 e. The van der Waals surface area contributed by atoms with Crippen molar-refractivity contribution < 1.29 is 22.4 Å². The molecule has 4 nitrogen and oxygen atoms in total. The molecule has 1 N–H and O–H groups in total. The lowest BCUT2D eigenvalue weighted by molar-refractivity contribution is -0.137. The lowest BCUT2D eigenvalue weighted by Gasteiger charge is -2.31. The third-order valence-electron chi connectivity index (χ3n) is 4.87. The summed E-state index contributed by atoms with van der Waals surface area (Å²) < 4.78 is 53.1. The first-order valence-corrected chi connectivity index (χ1v) is 9.13. The van der Waals surface area contributed by atoms with Gasteiger partial charge in [-0.25, -0.2) is 4.39 Å². The fourth-order valence-electron chi connectivity index (χ4n) is 3.03. The maximum atomic E-state index is 13.4. The Balaban J connectivity index is 1.88. The van der Waals surface area contributed by atoms with Gasteiger partial charge in [0.1, 0.15) is 11.9 Å². The molecule has 0 bridgehead atoms. The molecular weight excluding hydrogens is 386 g/mol. The van der Waals surface area contributed by atoms with Crippen LogP contribution in [0.15, 0.2) is 42.5 Å². The van der Waals surface area contributed by atoms with Gasteiger partial charge in [0.25, 0.3) is 0 Å². The van der Waals surface area contributed by atoms with Crippen molar-refractivity contribution in [1.29, 1.82) is 5.26 Å². The molecular formula is C21H19F4N3O. The van der Waals surface area contributed by atoms with Gasteiger partial charge < -0.3 is 10.2 Å². The van der Waals surface area contributed by atoms with E-state index in [2.05, 4.69) is 5.32 Å². The molecule has 0 unspecified atom stereocenters. The van der Waals surface area contributed by atoms with Gasteiger partial charge in [-0.1, -0.05) is 0 Å². The van der Waals surface area contributed by atoms with Crippen molar-refractivity contribution in [1.82, 2.24) is 0 Å². The second-order valence-corrected chi connectivity index (χ2v) is 7.11. The van der Waals surface area contributed by atoms with Gasteiger partial charge in [-0.05, 0) is 68.1 Å². The molecule has 3 rings (SSSR count). The standard InChI is InChI=1S/C21H19F4N3O/c1-13(20(29)27-17-7-5-16(22)6-8-17)28(12-14-2-3-14)18-9-4-15(11-26)19(10-18)21(23,24)25/h4-10,13-14H,2-3,12H2,1H3,(H,27,29)/t13-/m0/s1. The van der Waals surface area contributed by atoms with Crippen LogP contribution >= 0.6 is 0 Å². The Morgan fingerprint density at radius 1 is 1.24 bits per heavy atom. The van der Waals surface area contributed by atoms with E-state index in [0.29, 0.717) is 18.2 Å². The highest BCUT2D eigenvalue weighted by Crippen LogP contribution is 2.37. The number of amides is 1. The Labute approximate surface area is 165 Å². The summed E-state index contributed by atoms with van der Waals surface area (Å²) in [6.07, 6.45) is -2.78. The molecule has 1 fully saturated rings. The number of nitriles is 1. The number of halogens is 4. The van der Waals surface area contributed by atoms with Gasteiger partial charge in [0.05, 0.1) is 17.2 Å². The molecule has 0 aromatic heterocycles. The highest BCUT2D eigenvalue weighted by atomic mass is 19.4. The number of alkyl halides is 3. The van der Waals surface area contributed by atoms with Gasteiger partial charge in [0.2, 0.25) is 5.91 Å². The van der Waals surface area contributed by atoms with Crippen LogP contribution in [0, 0.1) is 23.1 Å². The summed E-state index contributed by atoms with van der Waals surface area (Å²) in [5.41, 5.74) is -0.865. The van der Waals surface area contributed by atoms with E-state index in [-0.39, 0.29) is 5.69 Å². The predicted molar refractivity (Wildman–Crippen MR) is 101 cm³/mol. The van der Waals surface area contributed by atoms with Crippen LogP contribution in [0.25, 0.3) is 0 Å². The molecule has 1 aliphatic rings. The van der Waals surface area contributed by atoms with Crippen molar-refractivity contribution in [3.8, 4) is 6.07 Å². The van der Waals surface area contributed by atoms with Crippen LogP contribution < -0.4 is 10.2 Å². The summed E-state index contributed by atoms with van der Waals surface area (Å²) in [4.78, 5) is 14.3. The molecule has 1 atom stereocenters. The molecule has 2 aromatic carbocycles. The Hall–Kier alpha value is -3.08. The molecule has 1 amide bonds. The summed E-state index contributed by atoms with van der Waals surface area (Å²) in [7, 11) is 0. The highest BCUT2D eigenvalue weighted by molar-refractivity contribution is 5.96. The van der Waals surface area contributed by atoms with Crippen molar-refractivity contribution >= 4 is 17.3 Å². The van der Waals surface area contributed by atoms with E-state index in [4.69, 9.17) is 5.26 Å². The number of rotatable bonds is 6. The van der Waals surface area contributed by atoms with Gasteiger partial charge in [-0.2, -0.15) is 18.4 Å². The molecule has 1 saturated carbocycles. The van der Waals surface area contributed by atoms with Gasteiger partial charge in [0.15, 0.2) is 0 Å². The van der Waals surface area contributed by atoms with Crippen LogP contribution in [0.2, 0.25) is 0 Å². The predicted octanol–water partition coefficient (Wildman–Crippen LogP) is 4.96. The Morgan fingerprint density at radius 2 is 1.90 bits per heavy atom. The minimum atomic E-state index is -4.67. The number of benzene rings is 2. The number of nitrogens with one attached hydrogen (secondary N) is 1. The molecule has 152 valence electrons. The minimum absolute atomic E-state index is 0.227. The Kier molecular flexibility index (Phi) is 5.78. The van der Waals surface area contributed by atoms with Crippen molar-refractivity contribution in [3.63, 3.8) is 0 Å². The molecule has 0 radical (unpaired) electrons. The topological polar surface area (TPSA) is 56.1 Å². The highest BCUT2D eigenvalue weighted by Gasteiger charge is 2.36. The molecule has 2 aromatic rings. The summed E-state index contributed by atoms with van der Waals surface area (Å²) in [6.45, 7) is 2.04. The molecule has 0 heterocycles.